The number of methoxy groups -OCH3 is 1. The Morgan fingerprint density at radius 2 is 1.67 bits per heavy atom. The number of carbonyl (C=O) groups is 1. The summed E-state index contributed by atoms with van der Waals surface area (Å²) < 4.78 is 47.3. The maximum atomic E-state index is 13.7. The number of ether oxygens (including phenoxy) is 1. The van der Waals surface area contributed by atoms with E-state index in [0.717, 1.165) is 4.68 Å². The highest BCUT2D eigenvalue weighted by Gasteiger charge is 2.43. The number of carbonyl (C=O) groups excluding carboxylic acids is 1. The normalized spacial score (nSPS) is 13.6. The van der Waals surface area contributed by atoms with Crippen LogP contribution in [0.25, 0.3) is 5.69 Å². The molecule has 0 radical (unpaired) electrons. The molecule has 0 spiro atoms. The predicted molar refractivity (Wildman–Crippen MR) is 117 cm³/mol. The lowest BCUT2D eigenvalue weighted by Crippen LogP contribution is -2.39. The van der Waals surface area contributed by atoms with Gasteiger partial charge in [-0.15, -0.1) is 0 Å². The quantitative estimate of drug-likeness (QED) is 0.475. The highest BCUT2D eigenvalue weighted by atomic mass is 19.4. The number of benzene rings is 2. The standard InChI is InChI=1S/C23H22F3N5O2/c1-29(2)21(27)14-4-6-15(7-5-14)30-13-12-18-19(22(30)32)31(28-20(18)23(24,25)26)16-8-10-17(33-3)11-9-16/h4-11,27H,12-13H2,1-3H3. The Bertz CT molecular complexity index is 1200. The molecule has 0 saturated carbocycles. The van der Waals surface area contributed by atoms with Crippen molar-refractivity contribution in [2.24, 2.45) is 0 Å². The Balaban J connectivity index is 1.76. The van der Waals surface area contributed by atoms with Crippen LogP contribution in [0.5, 0.6) is 5.75 Å². The molecule has 2 aromatic carbocycles. The summed E-state index contributed by atoms with van der Waals surface area (Å²) in [5.41, 5.74) is 0.270. The lowest BCUT2D eigenvalue weighted by molar-refractivity contribution is -0.141. The Morgan fingerprint density at radius 3 is 2.21 bits per heavy atom. The van der Waals surface area contributed by atoms with Gasteiger partial charge in [-0.25, -0.2) is 4.68 Å². The van der Waals surface area contributed by atoms with E-state index < -0.39 is 17.8 Å². The number of amides is 1. The van der Waals surface area contributed by atoms with E-state index in [0.29, 0.717) is 28.5 Å². The van der Waals surface area contributed by atoms with Crippen LogP contribution in [0.2, 0.25) is 0 Å². The Labute approximate surface area is 188 Å². The van der Waals surface area contributed by atoms with Crippen LogP contribution in [0, 0.1) is 5.41 Å². The minimum Gasteiger partial charge on any atom is -0.497 e. The van der Waals surface area contributed by atoms with Crippen LogP contribution in [-0.4, -0.2) is 54.2 Å². The molecule has 0 aliphatic carbocycles. The van der Waals surface area contributed by atoms with Crippen molar-refractivity contribution < 1.29 is 22.7 Å². The zero-order chi connectivity index (χ0) is 23.9. The Kier molecular flexibility index (Phi) is 5.61. The van der Waals surface area contributed by atoms with E-state index in [1.165, 1.54) is 12.0 Å². The number of hydrogen-bond donors (Lipinski definition) is 1. The SMILES string of the molecule is COc1ccc(-n2nc(C(F)(F)F)c3c2C(=O)N(c2ccc(C(=N)N(C)C)cc2)CC3)cc1. The van der Waals surface area contributed by atoms with Crippen LogP contribution in [-0.2, 0) is 12.6 Å². The van der Waals surface area contributed by atoms with E-state index in [-0.39, 0.29) is 24.2 Å². The molecule has 1 aliphatic heterocycles. The molecule has 33 heavy (non-hydrogen) atoms. The van der Waals surface area contributed by atoms with Crippen molar-refractivity contribution in [3.63, 3.8) is 0 Å². The monoisotopic (exact) mass is 457 g/mol. The van der Waals surface area contributed by atoms with Gasteiger partial charge in [0, 0.05) is 37.5 Å². The molecule has 172 valence electrons. The minimum atomic E-state index is -4.68. The van der Waals surface area contributed by atoms with Crippen molar-refractivity contribution in [1.82, 2.24) is 14.7 Å². The van der Waals surface area contributed by atoms with Gasteiger partial charge in [-0.2, -0.15) is 18.3 Å². The number of fused-ring (bicyclic) bond motifs is 1. The number of aromatic nitrogens is 2. The molecular formula is C23H22F3N5O2. The average Bonchev–Trinajstić information content (AvgIpc) is 3.20. The fourth-order valence-corrected chi connectivity index (χ4v) is 3.80. The van der Waals surface area contributed by atoms with Crippen LogP contribution >= 0.6 is 0 Å². The summed E-state index contributed by atoms with van der Waals surface area (Å²) in [4.78, 5) is 16.5. The summed E-state index contributed by atoms with van der Waals surface area (Å²) in [6.07, 6.45) is -4.67. The molecule has 1 aliphatic rings. The number of nitrogens with zero attached hydrogens (tertiary/aromatic N) is 4. The second kappa shape index (κ2) is 8.27. The van der Waals surface area contributed by atoms with Crippen molar-refractivity contribution in [2.45, 2.75) is 12.6 Å². The fraction of sp³-hybridized carbons (Fsp3) is 0.261. The molecule has 10 heteroatoms. The molecule has 1 N–H and O–H groups in total. The highest BCUT2D eigenvalue weighted by molar-refractivity contribution is 6.08. The predicted octanol–water partition coefficient (Wildman–Crippen LogP) is 3.99. The van der Waals surface area contributed by atoms with Crippen molar-refractivity contribution in [3.8, 4) is 11.4 Å². The van der Waals surface area contributed by atoms with Crippen LogP contribution < -0.4 is 9.64 Å². The maximum absolute atomic E-state index is 13.7. The molecule has 0 saturated heterocycles. The lowest BCUT2D eigenvalue weighted by atomic mass is 10.0. The number of amidine groups is 1. The van der Waals surface area contributed by atoms with Crippen molar-refractivity contribution in [3.05, 3.63) is 71.0 Å². The van der Waals surface area contributed by atoms with Gasteiger partial charge in [0.25, 0.3) is 5.91 Å². The number of alkyl halides is 3. The van der Waals surface area contributed by atoms with E-state index in [9.17, 15) is 18.0 Å². The summed E-state index contributed by atoms with van der Waals surface area (Å²) >= 11 is 0. The van der Waals surface area contributed by atoms with E-state index in [1.54, 1.807) is 67.5 Å². The molecule has 4 rings (SSSR count). The third-order valence-electron chi connectivity index (χ3n) is 5.50. The van der Waals surface area contributed by atoms with E-state index in [1.807, 2.05) is 0 Å². The minimum absolute atomic E-state index is 0.0152. The number of nitrogens with one attached hydrogen (secondary N) is 1. The van der Waals surface area contributed by atoms with Gasteiger partial charge in [0.1, 0.15) is 17.3 Å². The number of halogens is 3. The van der Waals surface area contributed by atoms with Crippen molar-refractivity contribution in [2.75, 3.05) is 32.6 Å². The number of hydrogen-bond acceptors (Lipinski definition) is 4. The first-order chi connectivity index (χ1) is 15.6. The molecular weight excluding hydrogens is 435 g/mol. The smallest absolute Gasteiger partial charge is 0.435 e. The van der Waals surface area contributed by atoms with Gasteiger partial charge < -0.3 is 14.5 Å². The van der Waals surface area contributed by atoms with Gasteiger partial charge in [-0.1, -0.05) is 0 Å². The van der Waals surface area contributed by atoms with Crippen LogP contribution in [0.1, 0.15) is 27.3 Å². The molecule has 0 atom stereocenters. The first-order valence-electron chi connectivity index (χ1n) is 10.1. The molecule has 0 unspecified atom stereocenters. The number of rotatable bonds is 4. The molecule has 7 nitrogen and oxygen atoms in total. The maximum Gasteiger partial charge on any atom is 0.435 e. The molecule has 1 amide bonds. The molecule has 1 aromatic heterocycles. The molecule has 2 heterocycles. The number of anilines is 1. The van der Waals surface area contributed by atoms with E-state index in [4.69, 9.17) is 10.1 Å². The van der Waals surface area contributed by atoms with Gasteiger partial charge in [-0.05, 0) is 55.0 Å². The first kappa shape index (κ1) is 22.4. The lowest BCUT2D eigenvalue weighted by Gasteiger charge is -2.28. The van der Waals surface area contributed by atoms with Crippen LogP contribution in [0.15, 0.2) is 48.5 Å². The molecule has 0 bridgehead atoms. The van der Waals surface area contributed by atoms with Gasteiger partial charge >= 0.3 is 6.18 Å². The molecule has 0 fully saturated rings. The third kappa shape index (κ3) is 4.04. The third-order valence-corrected chi connectivity index (χ3v) is 5.50. The van der Waals surface area contributed by atoms with E-state index >= 15 is 0 Å². The summed E-state index contributed by atoms with van der Waals surface area (Å²) in [6, 6.07) is 13.1. The summed E-state index contributed by atoms with van der Waals surface area (Å²) in [7, 11) is 4.99. The largest absolute Gasteiger partial charge is 0.497 e. The van der Waals surface area contributed by atoms with Crippen LogP contribution in [0.4, 0.5) is 18.9 Å². The first-order valence-corrected chi connectivity index (χ1v) is 10.1. The van der Waals surface area contributed by atoms with Crippen molar-refractivity contribution >= 4 is 17.4 Å². The fourth-order valence-electron chi connectivity index (χ4n) is 3.80. The van der Waals surface area contributed by atoms with Crippen molar-refractivity contribution in [1.29, 1.82) is 5.41 Å². The zero-order valence-corrected chi connectivity index (χ0v) is 18.3. The Morgan fingerprint density at radius 1 is 1.06 bits per heavy atom. The summed E-state index contributed by atoms with van der Waals surface area (Å²) in [5, 5.41) is 11.9. The second-order valence-electron chi connectivity index (χ2n) is 7.78. The van der Waals surface area contributed by atoms with Crippen LogP contribution in [0.3, 0.4) is 0 Å². The summed E-state index contributed by atoms with van der Waals surface area (Å²) in [5.74, 6) is 0.277. The zero-order valence-electron chi connectivity index (χ0n) is 18.3. The summed E-state index contributed by atoms with van der Waals surface area (Å²) in [6.45, 7) is 0.0910. The molecule has 3 aromatic rings. The van der Waals surface area contributed by atoms with Gasteiger partial charge in [0.2, 0.25) is 0 Å². The second-order valence-corrected chi connectivity index (χ2v) is 7.78. The highest BCUT2D eigenvalue weighted by Crippen LogP contribution is 2.37. The van der Waals surface area contributed by atoms with Gasteiger partial charge in [-0.3, -0.25) is 10.2 Å². The van der Waals surface area contributed by atoms with Gasteiger partial charge in [0.15, 0.2) is 5.69 Å². The Hall–Kier alpha value is -3.82. The average molecular weight is 457 g/mol. The van der Waals surface area contributed by atoms with Gasteiger partial charge in [0.05, 0.1) is 12.8 Å². The topological polar surface area (TPSA) is 74.5 Å². The van der Waals surface area contributed by atoms with E-state index in [2.05, 4.69) is 5.10 Å².